The minimum absolute atomic E-state index is 0.759. The summed E-state index contributed by atoms with van der Waals surface area (Å²) in [7, 11) is 0. The molecule has 20 heavy (non-hydrogen) atoms. The summed E-state index contributed by atoms with van der Waals surface area (Å²) in [6, 6.07) is 16.1. The van der Waals surface area contributed by atoms with Gasteiger partial charge in [0.25, 0.3) is 0 Å². The maximum Gasteiger partial charge on any atom is 0.146 e. The molecular weight excluding hydrogens is 314 g/mol. The van der Waals surface area contributed by atoms with Crippen LogP contribution in [0.1, 0.15) is 11.1 Å². The van der Waals surface area contributed by atoms with Crippen molar-refractivity contribution in [1.82, 2.24) is 4.98 Å². The fourth-order valence-corrected chi connectivity index (χ4v) is 2.75. The Hall–Kier alpha value is -1.87. The number of halogens is 1. The van der Waals surface area contributed by atoms with E-state index in [-0.39, 0.29) is 0 Å². The van der Waals surface area contributed by atoms with Crippen LogP contribution in [0.2, 0.25) is 0 Å². The van der Waals surface area contributed by atoms with Gasteiger partial charge in [0.2, 0.25) is 0 Å². The third-order valence-corrected chi connectivity index (χ3v) is 3.86. The van der Waals surface area contributed by atoms with E-state index >= 15 is 0 Å². The number of nitrogens with zero attached hydrogens (tertiary/aromatic N) is 1. The minimum atomic E-state index is 0.759. The topological polar surface area (TPSA) is 22.1 Å². The molecule has 0 aliphatic heterocycles. The maximum absolute atomic E-state index is 5.89. The van der Waals surface area contributed by atoms with Crippen LogP contribution < -0.4 is 4.74 Å². The predicted molar refractivity (Wildman–Crippen MR) is 85.6 cm³/mol. The highest BCUT2D eigenvalue weighted by atomic mass is 79.9. The molecule has 0 fully saturated rings. The van der Waals surface area contributed by atoms with Gasteiger partial charge in [-0.1, -0.05) is 40.2 Å². The Morgan fingerprint density at radius 2 is 1.90 bits per heavy atom. The van der Waals surface area contributed by atoms with Gasteiger partial charge in [-0.2, -0.15) is 0 Å². The number of ether oxygens (including phenoxy) is 1. The number of hydrogen-bond donors (Lipinski definition) is 0. The van der Waals surface area contributed by atoms with E-state index in [0.29, 0.717) is 0 Å². The van der Waals surface area contributed by atoms with Gasteiger partial charge >= 0.3 is 0 Å². The molecule has 2 aromatic carbocycles. The lowest BCUT2D eigenvalue weighted by molar-refractivity contribution is 0.481. The van der Waals surface area contributed by atoms with Gasteiger partial charge in [-0.3, -0.25) is 4.98 Å². The van der Waals surface area contributed by atoms with Crippen molar-refractivity contribution in [3.63, 3.8) is 0 Å². The number of fused-ring (bicyclic) bond motifs is 1. The first-order valence-corrected chi connectivity index (χ1v) is 7.56. The fraction of sp³-hybridized carbons (Fsp3) is 0.118. The average Bonchev–Trinajstić information content (AvgIpc) is 2.47. The van der Waals surface area contributed by atoms with Crippen molar-refractivity contribution >= 4 is 26.8 Å². The summed E-state index contributed by atoms with van der Waals surface area (Å²) in [6.45, 7) is 2.09. The second-order valence-electron chi connectivity index (χ2n) is 4.69. The molecule has 0 aliphatic rings. The molecule has 1 heterocycles. The predicted octanol–water partition coefficient (Wildman–Crippen LogP) is 5.23. The zero-order valence-corrected chi connectivity index (χ0v) is 12.7. The lowest BCUT2D eigenvalue weighted by atomic mass is 10.1. The van der Waals surface area contributed by atoms with Crippen LogP contribution in [-0.4, -0.2) is 4.98 Å². The maximum atomic E-state index is 5.89. The molecule has 0 spiro atoms. The number of pyridine rings is 1. The molecule has 0 saturated carbocycles. The van der Waals surface area contributed by atoms with E-state index in [1.54, 1.807) is 6.20 Å². The van der Waals surface area contributed by atoms with E-state index in [0.717, 1.165) is 27.7 Å². The number of rotatable bonds is 3. The number of alkyl halides is 1. The number of aromatic nitrogens is 1. The Morgan fingerprint density at radius 3 is 2.70 bits per heavy atom. The first kappa shape index (κ1) is 13.1. The number of para-hydroxylation sites is 1. The molecule has 0 amide bonds. The normalized spacial score (nSPS) is 10.7. The summed E-state index contributed by atoms with van der Waals surface area (Å²) in [4.78, 5) is 4.40. The lowest BCUT2D eigenvalue weighted by Crippen LogP contribution is -1.89. The van der Waals surface area contributed by atoms with E-state index in [4.69, 9.17) is 4.74 Å². The van der Waals surface area contributed by atoms with Gasteiger partial charge in [0.1, 0.15) is 11.5 Å². The van der Waals surface area contributed by atoms with Crippen molar-refractivity contribution < 1.29 is 4.74 Å². The second kappa shape index (κ2) is 5.63. The third-order valence-electron chi connectivity index (χ3n) is 3.26. The monoisotopic (exact) mass is 327 g/mol. The van der Waals surface area contributed by atoms with E-state index < -0.39 is 0 Å². The molecule has 0 N–H and O–H groups in total. The third kappa shape index (κ3) is 2.68. The molecule has 3 heteroatoms. The molecular formula is C17H14BrNO. The molecule has 3 rings (SSSR count). The van der Waals surface area contributed by atoms with Crippen molar-refractivity contribution in [2.45, 2.75) is 12.3 Å². The fourth-order valence-electron chi connectivity index (χ4n) is 2.12. The van der Waals surface area contributed by atoms with E-state index in [9.17, 15) is 0 Å². The molecule has 100 valence electrons. The van der Waals surface area contributed by atoms with Crippen LogP contribution in [0.15, 0.2) is 54.7 Å². The zero-order valence-electron chi connectivity index (χ0n) is 11.1. The van der Waals surface area contributed by atoms with E-state index in [2.05, 4.69) is 33.9 Å². The highest BCUT2D eigenvalue weighted by molar-refractivity contribution is 9.08. The van der Waals surface area contributed by atoms with Gasteiger partial charge in [-0.25, -0.2) is 0 Å². The van der Waals surface area contributed by atoms with Crippen LogP contribution in [0.4, 0.5) is 0 Å². The summed E-state index contributed by atoms with van der Waals surface area (Å²) in [5.41, 5.74) is 3.47. The van der Waals surface area contributed by atoms with Crippen molar-refractivity contribution in [1.29, 1.82) is 0 Å². The minimum Gasteiger partial charge on any atom is -0.456 e. The van der Waals surface area contributed by atoms with Crippen molar-refractivity contribution in [2.24, 2.45) is 0 Å². The van der Waals surface area contributed by atoms with Crippen LogP contribution in [0.3, 0.4) is 0 Å². The number of benzene rings is 2. The smallest absolute Gasteiger partial charge is 0.146 e. The number of aryl methyl sites for hydroxylation is 1. The van der Waals surface area contributed by atoms with Gasteiger partial charge in [0, 0.05) is 10.7 Å². The molecule has 2 nitrogen and oxygen atoms in total. The first-order valence-electron chi connectivity index (χ1n) is 6.44. The van der Waals surface area contributed by atoms with E-state index in [1.165, 1.54) is 11.1 Å². The standard InChI is InChI=1S/C17H14BrNO/c1-12-8-15(7-6-14(12)10-18)20-16-9-13-4-2-3-5-17(13)19-11-16/h2-9,11H,10H2,1H3. The molecule has 0 aliphatic carbocycles. The quantitative estimate of drug-likeness (QED) is 0.614. The van der Waals surface area contributed by atoms with Gasteiger partial charge in [-0.05, 0) is 42.3 Å². The zero-order chi connectivity index (χ0) is 13.9. The Morgan fingerprint density at radius 1 is 1.05 bits per heavy atom. The highest BCUT2D eigenvalue weighted by Crippen LogP contribution is 2.26. The Labute approximate surface area is 126 Å². The average molecular weight is 328 g/mol. The SMILES string of the molecule is Cc1cc(Oc2cnc3ccccc3c2)ccc1CBr. The molecule has 1 aromatic heterocycles. The summed E-state index contributed by atoms with van der Waals surface area (Å²) in [6.07, 6.45) is 1.76. The summed E-state index contributed by atoms with van der Waals surface area (Å²) in [5.74, 6) is 1.60. The van der Waals surface area contributed by atoms with Crippen LogP contribution in [-0.2, 0) is 5.33 Å². The van der Waals surface area contributed by atoms with Crippen LogP contribution in [0.25, 0.3) is 10.9 Å². The van der Waals surface area contributed by atoms with Crippen molar-refractivity contribution in [3.8, 4) is 11.5 Å². The van der Waals surface area contributed by atoms with Gasteiger partial charge < -0.3 is 4.74 Å². The summed E-state index contributed by atoms with van der Waals surface area (Å²) in [5, 5.41) is 1.94. The van der Waals surface area contributed by atoms with Gasteiger partial charge in [0.05, 0.1) is 11.7 Å². The first-order chi connectivity index (χ1) is 9.76. The Balaban J connectivity index is 1.90. The second-order valence-corrected chi connectivity index (χ2v) is 5.25. The van der Waals surface area contributed by atoms with E-state index in [1.807, 2.05) is 42.5 Å². The van der Waals surface area contributed by atoms with Gasteiger partial charge in [0.15, 0.2) is 0 Å². The molecule has 0 bridgehead atoms. The molecule has 0 radical (unpaired) electrons. The Bertz CT molecular complexity index is 755. The summed E-state index contributed by atoms with van der Waals surface area (Å²) >= 11 is 3.48. The number of hydrogen-bond acceptors (Lipinski definition) is 2. The largest absolute Gasteiger partial charge is 0.456 e. The lowest BCUT2D eigenvalue weighted by Gasteiger charge is -2.09. The summed E-state index contributed by atoms with van der Waals surface area (Å²) < 4.78 is 5.89. The van der Waals surface area contributed by atoms with Crippen molar-refractivity contribution in [2.75, 3.05) is 0 Å². The van der Waals surface area contributed by atoms with Crippen LogP contribution in [0, 0.1) is 6.92 Å². The highest BCUT2D eigenvalue weighted by Gasteiger charge is 2.03. The van der Waals surface area contributed by atoms with Crippen LogP contribution in [0.5, 0.6) is 11.5 Å². The molecule has 0 unspecified atom stereocenters. The molecule has 0 saturated heterocycles. The molecule has 3 aromatic rings. The molecule has 0 atom stereocenters. The van der Waals surface area contributed by atoms with Gasteiger partial charge in [-0.15, -0.1) is 0 Å². The Kier molecular flexibility index (Phi) is 3.70. The van der Waals surface area contributed by atoms with Crippen LogP contribution >= 0.6 is 15.9 Å². The van der Waals surface area contributed by atoms with Crippen molar-refractivity contribution in [3.05, 3.63) is 65.9 Å².